The SMILES string of the molecule is c1ccc(-c2ccc3c4cccc5c4n(c3c2)-c2cc(-c3cccc4ccccc34)cc3c2B5c2ccccc2S3)cc1. The zero-order valence-electron chi connectivity index (χ0n) is 23.3. The van der Waals surface area contributed by atoms with Crippen LogP contribution in [0.2, 0.25) is 0 Å². The van der Waals surface area contributed by atoms with E-state index < -0.39 is 0 Å². The predicted molar refractivity (Wildman–Crippen MR) is 184 cm³/mol. The lowest BCUT2D eigenvalue weighted by Crippen LogP contribution is -2.58. The standard InChI is InChI=1S/C40H24BNS/c1-2-10-25(11-3-1)27-20-21-31-32-16-9-18-34-40(32)42(35(31)22-27)36-23-28(30-15-8-13-26-12-4-5-14-29(26)30)24-38-39(36)41(34)33-17-6-7-19-37(33)43-38/h1-24H. The molecule has 0 radical (unpaired) electrons. The van der Waals surface area contributed by atoms with E-state index in [9.17, 15) is 0 Å². The predicted octanol–water partition coefficient (Wildman–Crippen LogP) is 8.57. The molecule has 198 valence electrons. The average molecular weight is 562 g/mol. The molecule has 43 heavy (non-hydrogen) atoms. The third-order valence-corrected chi connectivity index (χ3v) is 10.6. The summed E-state index contributed by atoms with van der Waals surface area (Å²) < 4.78 is 2.57. The van der Waals surface area contributed by atoms with Crippen LogP contribution in [-0.4, -0.2) is 11.3 Å². The summed E-state index contributed by atoms with van der Waals surface area (Å²) in [5.74, 6) is 0. The molecule has 0 aliphatic carbocycles. The fourth-order valence-corrected chi connectivity index (χ4v) is 8.81. The maximum atomic E-state index is 2.57. The van der Waals surface area contributed by atoms with E-state index >= 15 is 0 Å². The Labute approximate surface area is 254 Å². The Kier molecular flexibility index (Phi) is 4.80. The molecular weight excluding hydrogens is 537 g/mol. The van der Waals surface area contributed by atoms with Gasteiger partial charge in [-0.05, 0) is 68.2 Å². The van der Waals surface area contributed by atoms with Crippen molar-refractivity contribution in [1.82, 2.24) is 4.57 Å². The molecule has 7 aromatic carbocycles. The number of nitrogens with zero attached hydrogens (tertiary/aromatic N) is 1. The number of hydrogen-bond acceptors (Lipinski definition) is 1. The number of aromatic nitrogens is 1. The van der Waals surface area contributed by atoms with Gasteiger partial charge in [0.1, 0.15) is 0 Å². The Morgan fingerprint density at radius 3 is 2.21 bits per heavy atom. The first kappa shape index (κ1) is 23.6. The summed E-state index contributed by atoms with van der Waals surface area (Å²) in [5.41, 5.74) is 13.2. The molecule has 0 spiro atoms. The molecule has 0 bridgehead atoms. The lowest BCUT2D eigenvalue weighted by Gasteiger charge is -2.33. The maximum absolute atomic E-state index is 2.57. The molecule has 3 heterocycles. The van der Waals surface area contributed by atoms with Crippen LogP contribution in [0.25, 0.3) is 60.5 Å². The van der Waals surface area contributed by atoms with Crippen LogP contribution in [0.1, 0.15) is 0 Å². The highest BCUT2D eigenvalue weighted by Gasteiger charge is 2.39. The number of para-hydroxylation sites is 1. The van der Waals surface area contributed by atoms with Gasteiger partial charge in [-0.25, -0.2) is 0 Å². The molecule has 2 aliphatic rings. The van der Waals surface area contributed by atoms with Crippen LogP contribution in [0.4, 0.5) is 0 Å². The van der Waals surface area contributed by atoms with Crippen molar-refractivity contribution >= 4 is 67.4 Å². The highest BCUT2D eigenvalue weighted by molar-refractivity contribution is 8.00. The monoisotopic (exact) mass is 561 g/mol. The number of hydrogen-bond donors (Lipinski definition) is 0. The van der Waals surface area contributed by atoms with Crippen LogP contribution in [0.5, 0.6) is 0 Å². The van der Waals surface area contributed by atoms with Gasteiger partial charge in [-0.2, -0.15) is 0 Å². The van der Waals surface area contributed by atoms with Gasteiger partial charge >= 0.3 is 0 Å². The number of fused-ring (bicyclic) bond motifs is 8. The highest BCUT2D eigenvalue weighted by atomic mass is 32.2. The maximum Gasteiger partial charge on any atom is 0.249 e. The number of rotatable bonds is 2. The summed E-state index contributed by atoms with van der Waals surface area (Å²) in [4.78, 5) is 2.71. The second-order valence-electron chi connectivity index (χ2n) is 11.7. The zero-order valence-corrected chi connectivity index (χ0v) is 24.1. The molecular formula is C40H24BNS. The van der Waals surface area contributed by atoms with E-state index in [1.165, 1.54) is 86.7 Å². The van der Waals surface area contributed by atoms with Crippen LogP contribution >= 0.6 is 11.8 Å². The van der Waals surface area contributed by atoms with E-state index in [0.29, 0.717) is 0 Å². The van der Waals surface area contributed by atoms with Gasteiger partial charge in [0.25, 0.3) is 0 Å². The third-order valence-electron chi connectivity index (χ3n) is 9.44. The second-order valence-corrected chi connectivity index (χ2v) is 12.8. The first-order valence-electron chi connectivity index (χ1n) is 14.9. The summed E-state index contributed by atoms with van der Waals surface area (Å²) >= 11 is 1.92. The van der Waals surface area contributed by atoms with Crippen molar-refractivity contribution in [3.05, 3.63) is 146 Å². The lowest BCUT2D eigenvalue weighted by atomic mass is 9.35. The van der Waals surface area contributed by atoms with Gasteiger partial charge in [0, 0.05) is 31.8 Å². The van der Waals surface area contributed by atoms with Crippen LogP contribution in [-0.2, 0) is 0 Å². The largest absolute Gasteiger partial charge is 0.310 e. The molecule has 0 unspecified atom stereocenters. The molecule has 0 amide bonds. The first-order valence-corrected chi connectivity index (χ1v) is 15.7. The molecule has 2 aliphatic heterocycles. The van der Waals surface area contributed by atoms with E-state index in [4.69, 9.17) is 0 Å². The van der Waals surface area contributed by atoms with Crippen LogP contribution < -0.4 is 16.4 Å². The van der Waals surface area contributed by atoms with Crippen molar-refractivity contribution in [3.63, 3.8) is 0 Å². The van der Waals surface area contributed by atoms with Gasteiger partial charge in [-0.3, -0.25) is 0 Å². The van der Waals surface area contributed by atoms with E-state index in [-0.39, 0.29) is 6.71 Å². The lowest BCUT2D eigenvalue weighted by molar-refractivity contribution is 1.17. The van der Waals surface area contributed by atoms with Crippen molar-refractivity contribution in [2.75, 3.05) is 0 Å². The van der Waals surface area contributed by atoms with Crippen LogP contribution in [0.3, 0.4) is 0 Å². The molecule has 10 rings (SSSR count). The van der Waals surface area contributed by atoms with Crippen molar-refractivity contribution in [2.45, 2.75) is 9.79 Å². The minimum Gasteiger partial charge on any atom is -0.310 e. The van der Waals surface area contributed by atoms with Crippen molar-refractivity contribution in [2.24, 2.45) is 0 Å². The second kappa shape index (κ2) is 8.76. The average Bonchev–Trinajstić information content (AvgIpc) is 3.41. The molecule has 0 atom stereocenters. The molecule has 0 saturated heterocycles. The van der Waals surface area contributed by atoms with E-state index in [0.717, 1.165) is 0 Å². The number of benzene rings is 7. The van der Waals surface area contributed by atoms with Gasteiger partial charge in [0.2, 0.25) is 6.71 Å². The normalized spacial score (nSPS) is 13.0. The van der Waals surface area contributed by atoms with Crippen LogP contribution in [0.15, 0.2) is 155 Å². The van der Waals surface area contributed by atoms with Gasteiger partial charge in [0.15, 0.2) is 0 Å². The first-order chi connectivity index (χ1) is 21.3. The summed E-state index contributed by atoms with van der Waals surface area (Å²) in [6.07, 6.45) is 0. The molecule has 1 nitrogen and oxygen atoms in total. The minimum absolute atomic E-state index is 0.207. The van der Waals surface area contributed by atoms with Gasteiger partial charge in [-0.15, -0.1) is 0 Å². The Hall–Kier alpha value is -4.99. The Balaban J connectivity index is 1.36. The molecule has 0 N–H and O–H groups in total. The Morgan fingerprint density at radius 2 is 1.26 bits per heavy atom. The summed E-state index contributed by atoms with van der Waals surface area (Å²) in [6, 6.07) is 54.0. The Bertz CT molecular complexity index is 2430. The molecule has 0 saturated carbocycles. The summed E-state index contributed by atoms with van der Waals surface area (Å²) in [6.45, 7) is 0.207. The molecule has 1 aromatic heterocycles. The molecule has 8 aromatic rings. The highest BCUT2D eigenvalue weighted by Crippen LogP contribution is 2.42. The fraction of sp³-hybridized carbons (Fsp3) is 0. The topological polar surface area (TPSA) is 4.93 Å². The van der Waals surface area contributed by atoms with E-state index in [1.807, 2.05) is 11.8 Å². The molecule has 3 heteroatoms. The smallest absolute Gasteiger partial charge is 0.249 e. The fourth-order valence-electron chi connectivity index (χ4n) is 7.60. The summed E-state index contributed by atoms with van der Waals surface area (Å²) in [7, 11) is 0. The van der Waals surface area contributed by atoms with Gasteiger partial charge < -0.3 is 4.57 Å². The van der Waals surface area contributed by atoms with Crippen molar-refractivity contribution in [3.8, 4) is 27.9 Å². The Morgan fingerprint density at radius 1 is 0.488 bits per heavy atom. The quantitative estimate of drug-likeness (QED) is 0.192. The van der Waals surface area contributed by atoms with Crippen molar-refractivity contribution < 1.29 is 0 Å². The molecule has 0 fully saturated rings. The van der Waals surface area contributed by atoms with Crippen LogP contribution in [0, 0.1) is 0 Å². The van der Waals surface area contributed by atoms with Crippen molar-refractivity contribution in [1.29, 1.82) is 0 Å². The van der Waals surface area contributed by atoms with E-state index in [2.05, 4.69) is 150 Å². The van der Waals surface area contributed by atoms with E-state index in [1.54, 1.807) is 0 Å². The zero-order chi connectivity index (χ0) is 28.1. The minimum atomic E-state index is 0.207. The summed E-state index contributed by atoms with van der Waals surface area (Å²) in [5, 5.41) is 5.19. The third kappa shape index (κ3) is 3.26. The van der Waals surface area contributed by atoms with Gasteiger partial charge in [-0.1, -0.05) is 139 Å². The van der Waals surface area contributed by atoms with Gasteiger partial charge in [0.05, 0.1) is 5.52 Å².